The molecule has 0 amide bonds. The number of nitrogens with two attached hydrogens (primary N) is 1. The molecule has 1 aliphatic heterocycles. The fourth-order valence-corrected chi connectivity index (χ4v) is 1.61. The smallest absolute Gasteiger partial charge is 0.0609 e. The van der Waals surface area contributed by atoms with Gasteiger partial charge in [0.2, 0.25) is 0 Å². The zero-order valence-electron chi connectivity index (χ0n) is 5.93. The second-order valence-corrected chi connectivity index (χ2v) is 3.05. The summed E-state index contributed by atoms with van der Waals surface area (Å²) in [6.07, 6.45) is 8.35. The van der Waals surface area contributed by atoms with Crippen LogP contribution in [0, 0.1) is 0 Å². The van der Waals surface area contributed by atoms with Crippen LogP contribution in [0.3, 0.4) is 0 Å². The zero-order valence-corrected chi connectivity index (χ0v) is 5.93. The van der Waals surface area contributed by atoms with Crippen LogP contribution in [0.5, 0.6) is 0 Å². The topological polar surface area (TPSA) is 38.0 Å². The Kier molecular flexibility index (Phi) is 1.11. The van der Waals surface area contributed by atoms with Crippen LogP contribution in [0.1, 0.15) is 12.8 Å². The highest BCUT2D eigenvalue weighted by Crippen LogP contribution is 2.28. The zero-order chi connectivity index (χ0) is 7.03. The standard InChI is InChI=1S/C8H12N2/c9-8-4-2-1-3-7(8)10-6-5-8/h1-3,10H,4-6,9H2. The summed E-state index contributed by atoms with van der Waals surface area (Å²) in [5.74, 6) is 0. The molecule has 2 heteroatoms. The molecule has 1 unspecified atom stereocenters. The van der Waals surface area contributed by atoms with Gasteiger partial charge in [0, 0.05) is 12.2 Å². The Morgan fingerprint density at radius 3 is 3.30 bits per heavy atom. The Hall–Kier alpha value is -0.760. The molecular weight excluding hydrogens is 124 g/mol. The van der Waals surface area contributed by atoms with E-state index < -0.39 is 0 Å². The monoisotopic (exact) mass is 136 g/mol. The van der Waals surface area contributed by atoms with Crippen LogP contribution in [-0.2, 0) is 0 Å². The molecule has 1 saturated heterocycles. The fraction of sp³-hybridized carbons (Fsp3) is 0.500. The molecule has 2 aliphatic rings. The highest BCUT2D eigenvalue weighted by atomic mass is 15.0. The molecule has 0 radical (unpaired) electrons. The van der Waals surface area contributed by atoms with Crippen molar-refractivity contribution in [2.45, 2.75) is 18.4 Å². The molecule has 3 N–H and O–H groups in total. The molecule has 2 rings (SSSR count). The third kappa shape index (κ3) is 0.688. The lowest BCUT2D eigenvalue weighted by Crippen LogP contribution is -2.40. The minimum atomic E-state index is -0.0469. The molecule has 0 aromatic rings. The predicted molar refractivity (Wildman–Crippen MR) is 41.4 cm³/mol. The molecule has 0 spiro atoms. The first kappa shape index (κ1) is 5.98. The van der Waals surface area contributed by atoms with E-state index in [0.29, 0.717) is 0 Å². The third-order valence-electron chi connectivity index (χ3n) is 2.30. The average Bonchev–Trinajstić information content (AvgIpc) is 2.29. The van der Waals surface area contributed by atoms with Gasteiger partial charge in [-0.2, -0.15) is 0 Å². The summed E-state index contributed by atoms with van der Waals surface area (Å²) in [6.45, 7) is 1.03. The Morgan fingerprint density at radius 2 is 2.50 bits per heavy atom. The SMILES string of the molecule is NC12CC=CC=C1NCC2. The van der Waals surface area contributed by atoms with Crippen LogP contribution < -0.4 is 11.1 Å². The van der Waals surface area contributed by atoms with Gasteiger partial charge < -0.3 is 11.1 Å². The molecule has 54 valence electrons. The molecular formula is C8H12N2. The van der Waals surface area contributed by atoms with Gasteiger partial charge in [0.05, 0.1) is 5.54 Å². The predicted octanol–water partition coefficient (Wildman–Crippen LogP) is 0.521. The van der Waals surface area contributed by atoms with Crippen molar-refractivity contribution < 1.29 is 0 Å². The molecule has 2 nitrogen and oxygen atoms in total. The summed E-state index contributed by atoms with van der Waals surface area (Å²) in [7, 11) is 0. The van der Waals surface area contributed by atoms with Gasteiger partial charge in [0.15, 0.2) is 0 Å². The van der Waals surface area contributed by atoms with Crippen molar-refractivity contribution in [2.75, 3.05) is 6.54 Å². The van der Waals surface area contributed by atoms with Gasteiger partial charge in [0.25, 0.3) is 0 Å². The fourth-order valence-electron chi connectivity index (χ4n) is 1.61. The third-order valence-corrected chi connectivity index (χ3v) is 2.30. The first-order chi connectivity index (χ1) is 4.81. The molecule has 0 aromatic carbocycles. The molecule has 0 saturated carbocycles. The summed E-state index contributed by atoms with van der Waals surface area (Å²) in [5, 5.41) is 3.28. The van der Waals surface area contributed by atoms with Crippen LogP contribution in [0.25, 0.3) is 0 Å². The molecule has 0 bridgehead atoms. The van der Waals surface area contributed by atoms with Gasteiger partial charge in [-0.05, 0) is 18.9 Å². The average molecular weight is 136 g/mol. The van der Waals surface area contributed by atoms with E-state index in [-0.39, 0.29) is 5.54 Å². The Morgan fingerprint density at radius 1 is 1.60 bits per heavy atom. The van der Waals surface area contributed by atoms with Gasteiger partial charge in [-0.15, -0.1) is 0 Å². The number of fused-ring (bicyclic) bond motifs is 1. The lowest BCUT2D eigenvalue weighted by Gasteiger charge is -2.25. The van der Waals surface area contributed by atoms with E-state index in [0.717, 1.165) is 19.4 Å². The van der Waals surface area contributed by atoms with E-state index >= 15 is 0 Å². The van der Waals surface area contributed by atoms with Gasteiger partial charge in [-0.25, -0.2) is 0 Å². The first-order valence-corrected chi connectivity index (χ1v) is 3.71. The van der Waals surface area contributed by atoms with Crippen molar-refractivity contribution >= 4 is 0 Å². The lowest BCUT2D eigenvalue weighted by molar-refractivity contribution is 0.520. The molecule has 1 atom stereocenters. The van der Waals surface area contributed by atoms with Crippen LogP contribution in [-0.4, -0.2) is 12.1 Å². The van der Waals surface area contributed by atoms with Crippen molar-refractivity contribution in [1.82, 2.24) is 5.32 Å². The van der Waals surface area contributed by atoms with Crippen molar-refractivity contribution in [3.8, 4) is 0 Å². The normalized spacial score (nSPS) is 36.7. The van der Waals surface area contributed by atoms with Crippen molar-refractivity contribution in [2.24, 2.45) is 5.73 Å². The lowest BCUT2D eigenvalue weighted by atomic mass is 9.89. The highest BCUT2D eigenvalue weighted by molar-refractivity contribution is 5.31. The van der Waals surface area contributed by atoms with Crippen LogP contribution >= 0.6 is 0 Å². The summed E-state index contributed by atoms with van der Waals surface area (Å²) in [5.41, 5.74) is 7.25. The van der Waals surface area contributed by atoms with Crippen LogP contribution in [0.4, 0.5) is 0 Å². The Labute approximate surface area is 60.8 Å². The maximum atomic E-state index is 6.08. The van der Waals surface area contributed by atoms with Crippen molar-refractivity contribution in [3.05, 3.63) is 23.9 Å². The second kappa shape index (κ2) is 1.86. The van der Waals surface area contributed by atoms with E-state index in [1.54, 1.807) is 0 Å². The summed E-state index contributed by atoms with van der Waals surface area (Å²) in [4.78, 5) is 0. The second-order valence-electron chi connectivity index (χ2n) is 3.05. The van der Waals surface area contributed by atoms with Gasteiger partial charge >= 0.3 is 0 Å². The molecule has 0 aromatic heterocycles. The highest BCUT2D eigenvalue weighted by Gasteiger charge is 2.33. The van der Waals surface area contributed by atoms with Crippen LogP contribution in [0.2, 0.25) is 0 Å². The summed E-state index contributed by atoms with van der Waals surface area (Å²) in [6, 6.07) is 0. The number of rotatable bonds is 0. The van der Waals surface area contributed by atoms with E-state index in [4.69, 9.17) is 5.73 Å². The minimum absolute atomic E-state index is 0.0469. The first-order valence-electron chi connectivity index (χ1n) is 3.71. The molecule has 1 fully saturated rings. The maximum Gasteiger partial charge on any atom is 0.0609 e. The van der Waals surface area contributed by atoms with Crippen LogP contribution in [0.15, 0.2) is 23.9 Å². The van der Waals surface area contributed by atoms with E-state index in [1.165, 1.54) is 5.70 Å². The number of hydrogen-bond donors (Lipinski definition) is 2. The van der Waals surface area contributed by atoms with Crippen molar-refractivity contribution in [3.63, 3.8) is 0 Å². The van der Waals surface area contributed by atoms with Gasteiger partial charge in [0.1, 0.15) is 0 Å². The van der Waals surface area contributed by atoms with Gasteiger partial charge in [-0.1, -0.05) is 12.2 Å². The van der Waals surface area contributed by atoms with E-state index in [1.807, 2.05) is 0 Å². The maximum absolute atomic E-state index is 6.08. The van der Waals surface area contributed by atoms with Gasteiger partial charge in [-0.3, -0.25) is 0 Å². The largest absolute Gasteiger partial charge is 0.387 e. The Bertz CT molecular complexity index is 205. The molecule has 10 heavy (non-hydrogen) atoms. The van der Waals surface area contributed by atoms with Crippen molar-refractivity contribution in [1.29, 1.82) is 0 Å². The minimum Gasteiger partial charge on any atom is -0.387 e. The molecule has 1 heterocycles. The Balaban J connectivity index is 2.34. The number of allylic oxidation sites excluding steroid dienone is 2. The quantitative estimate of drug-likeness (QED) is 0.509. The van der Waals surface area contributed by atoms with E-state index in [9.17, 15) is 0 Å². The number of nitrogens with one attached hydrogen (secondary N) is 1. The molecule has 1 aliphatic carbocycles. The summed E-state index contributed by atoms with van der Waals surface area (Å²) >= 11 is 0. The number of hydrogen-bond acceptors (Lipinski definition) is 2. The van der Waals surface area contributed by atoms with E-state index in [2.05, 4.69) is 23.5 Å². The summed E-state index contributed by atoms with van der Waals surface area (Å²) < 4.78 is 0.